The van der Waals surface area contributed by atoms with Crippen molar-refractivity contribution in [2.24, 2.45) is 0 Å². The van der Waals surface area contributed by atoms with Crippen LogP contribution in [0, 0.1) is 0 Å². The number of benzene rings is 1. The van der Waals surface area contributed by atoms with Gasteiger partial charge in [-0.2, -0.15) is 18.3 Å². The van der Waals surface area contributed by atoms with Crippen LogP contribution in [0.2, 0.25) is 0 Å². The molecule has 3 rings (SSSR count). The second kappa shape index (κ2) is 5.64. The number of ether oxygens (including phenoxy) is 1. The number of rotatable bonds is 2. The first-order valence-corrected chi connectivity index (χ1v) is 6.97. The zero-order chi connectivity index (χ0) is 15.7. The third-order valence-corrected chi connectivity index (χ3v) is 3.80. The number of aromatic hydroxyl groups is 1. The van der Waals surface area contributed by atoms with E-state index in [2.05, 4.69) is 5.10 Å². The molecular weight excluding hydrogens is 297 g/mol. The first-order chi connectivity index (χ1) is 10.4. The average Bonchev–Trinajstić information content (AvgIpc) is 2.97. The first kappa shape index (κ1) is 14.9. The quantitative estimate of drug-likeness (QED) is 0.921. The standard InChI is InChI=1S/C15H15F3N2O2/c16-15(17,18)13-7-10(1-2-14(13)21)11-8-19-20(9-11)12-3-5-22-6-4-12/h1-2,7-9,12,21H,3-6H2. The molecule has 22 heavy (non-hydrogen) atoms. The van der Waals surface area contributed by atoms with Crippen molar-refractivity contribution < 1.29 is 23.0 Å². The van der Waals surface area contributed by atoms with Crippen LogP contribution >= 0.6 is 0 Å². The summed E-state index contributed by atoms with van der Waals surface area (Å²) in [6.07, 6.45) is 0.371. The van der Waals surface area contributed by atoms with E-state index in [1.54, 1.807) is 17.1 Å². The smallest absolute Gasteiger partial charge is 0.419 e. The molecule has 0 radical (unpaired) electrons. The van der Waals surface area contributed by atoms with E-state index in [1.165, 1.54) is 6.07 Å². The van der Waals surface area contributed by atoms with Crippen molar-refractivity contribution in [1.82, 2.24) is 9.78 Å². The molecule has 0 saturated carbocycles. The van der Waals surface area contributed by atoms with Gasteiger partial charge in [-0.3, -0.25) is 4.68 Å². The highest BCUT2D eigenvalue weighted by molar-refractivity contribution is 5.64. The molecule has 0 spiro atoms. The van der Waals surface area contributed by atoms with E-state index in [4.69, 9.17) is 4.74 Å². The molecule has 2 aromatic rings. The van der Waals surface area contributed by atoms with E-state index >= 15 is 0 Å². The molecule has 0 atom stereocenters. The summed E-state index contributed by atoms with van der Waals surface area (Å²) in [6.45, 7) is 1.33. The molecular formula is C15H15F3N2O2. The largest absolute Gasteiger partial charge is 0.507 e. The van der Waals surface area contributed by atoms with Crippen molar-refractivity contribution in [3.05, 3.63) is 36.2 Å². The minimum Gasteiger partial charge on any atom is -0.507 e. The molecule has 1 aliphatic rings. The molecule has 1 aromatic carbocycles. The molecule has 1 saturated heterocycles. The number of phenols is 1. The Morgan fingerprint density at radius 3 is 2.59 bits per heavy atom. The highest BCUT2D eigenvalue weighted by atomic mass is 19.4. The number of halogens is 3. The van der Waals surface area contributed by atoms with Crippen molar-refractivity contribution in [3.63, 3.8) is 0 Å². The third-order valence-electron chi connectivity index (χ3n) is 3.80. The number of hydrogen-bond acceptors (Lipinski definition) is 3. The maximum atomic E-state index is 12.8. The van der Waals surface area contributed by atoms with Crippen LogP contribution in [0.1, 0.15) is 24.4 Å². The van der Waals surface area contributed by atoms with Crippen molar-refractivity contribution in [2.75, 3.05) is 13.2 Å². The molecule has 1 aromatic heterocycles. The summed E-state index contributed by atoms with van der Waals surface area (Å²) in [5.41, 5.74) is -0.0655. The second-order valence-electron chi connectivity index (χ2n) is 5.28. The van der Waals surface area contributed by atoms with Crippen molar-refractivity contribution in [3.8, 4) is 16.9 Å². The molecule has 4 nitrogen and oxygen atoms in total. The van der Waals surface area contributed by atoms with E-state index in [-0.39, 0.29) is 6.04 Å². The summed E-state index contributed by atoms with van der Waals surface area (Å²) < 4.78 is 45.6. The van der Waals surface area contributed by atoms with Crippen LogP contribution in [0.25, 0.3) is 11.1 Å². The summed E-state index contributed by atoms with van der Waals surface area (Å²) in [7, 11) is 0. The van der Waals surface area contributed by atoms with Crippen LogP contribution in [0.5, 0.6) is 5.75 Å². The summed E-state index contributed by atoms with van der Waals surface area (Å²) in [5.74, 6) is -0.770. The Bertz CT molecular complexity index is 661. The lowest BCUT2D eigenvalue weighted by Gasteiger charge is -2.22. The predicted octanol–water partition coefficient (Wildman–Crippen LogP) is 3.63. The van der Waals surface area contributed by atoms with Gasteiger partial charge in [0.25, 0.3) is 0 Å². The minimum atomic E-state index is -4.59. The van der Waals surface area contributed by atoms with Gasteiger partial charge < -0.3 is 9.84 Å². The summed E-state index contributed by atoms with van der Waals surface area (Å²) in [4.78, 5) is 0. The van der Waals surface area contributed by atoms with Gasteiger partial charge >= 0.3 is 6.18 Å². The monoisotopic (exact) mass is 312 g/mol. The predicted molar refractivity (Wildman–Crippen MR) is 73.4 cm³/mol. The number of nitrogens with zero attached hydrogens (tertiary/aromatic N) is 2. The molecule has 1 aliphatic heterocycles. The molecule has 0 unspecified atom stereocenters. The van der Waals surface area contributed by atoms with Gasteiger partial charge in [-0.25, -0.2) is 0 Å². The van der Waals surface area contributed by atoms with Gasteiger partial charge in [0.2, 0.25) is 0 Å². The lowest BCUT2D eigenvalue weighted by atomic mass is 10.0. The lowest BCUT2D eigenvalue weighted by Crippen LogP contribution is -2.19. The number of hydrogen-bond donors (Lipinski definition) is 1. The van der Waals surface area contributed by atoms with E-state index in [9.17, 15) is 18.3 Å². The number of alkyl halides is 3. The molecule has 118 valence electrons. The summed E-state index contributed by atoms with van der Waals surface area (Å²) >= 11 is 0. The third kappa shape index (κ3) is 2.94. The molecule has 0 bridgehead atoms. The molecule has 1 N–H and O–H groups in total. The van der Waals surface area contributed by atoms with Gasteiger partial charge in [-0.1, -0.05) is 6.07 Å². The van der Waals surface area contributed by atoms with Gasteiger partial charge in [0.15, 0.2) is 0 Å². The Morgan fingerprint density at radius 1 is 1.18 bits per heavy atom. The Kier molecular flexibility index (Phi) is 3.82. The number of aromatic nitrogens is 2. The van der Waals surface area contributed by atoms with Crippen LogP contribution in [-0.2, 0) is 10.9 Å². The van der Waals surface area contributed by atoms with Gasteiger partial charge in [-0.05, 0) is 30.5 Å². The highest BCUT2D eigenvalue weighted by Crippen LogP contribution is 2.38. The van der Waals surface area contributed by atoms with Crippen LogP contribution in [0.15, 0.2) is 30.6 Å². The minimum absolute atomic E-state index is 0.210. The Labute approximate surface area is 125 Å². The molecule has 2 heterocycles. The van der Waals surface area contributed by atoms with Crippen LogP contribution in [0.4, 0.5) is 13.2 Å². The molecule has 7 heteroatoms. The van der Waals surface area contributed by atoms with E-state index < -0.39 is 17.5 Å². The van der Waals surface area contributed by atoms with Gasteiger partial charge in [0, 0.05) is 25.0 Å². The van der Waals surface area contributed by atoms with E-state index in [0.29, 0.717) is 24.3 Å². The van der Waals surface area contributed by atoms with Crippen LogP contribution in [-0.4, -0.2) is 28.1 Å². The Balaban J connectivity index is 1.90. The molecule has 0 amide bonds. The van der Waals surface area contributed by atoms with E-state index in [1.807, 2.05) is 0 Å². The van der Waals surface area contributed by atoms with Crippen molar-refractivity contribution in [1.29, 1.82) is 0 Å². The summed E-state index contributed by atoms with van der Waals surface area (Å²) in [6, 6.07) is 3.67. The lowest BCUT2D eigenvalue weighted by molar-refractivity contribution is -0.138. The summed E-state index contributed by atoms with van der Waals surface area (Å²) in [5, 5.41) is 13.6. The van der Waals surface area contributed by atoms with E-state index in [0.717, 1.165) is 25.0 Å². The maximum absolute atomic E-state index is 12.8. The number of phenolic OH excluding ortho intramolecular Hbond substituents is 1. The first-order valence-electron chi connectivity index (χ1n) is 6.97. The second-order valence-corrected chi connectivity index (χ2v) is 5.28. The Hall–Kier alpha value is -2.02. The fraction of sp³-hybridized carbons (Fsp3) is 0.400. The normalized spacial score (nSPS) is 16.9. The van der Waals surface area contributed by atoms with Crippen LogP contribution < -0.4 is 0 Å². The zero-order valence-corrected chi connectivity index (χ0v) is 11.7. The zero-order valence-electron chi connectivity index (χ0n) is 11.7. The van der Waals surface area contributed by atoms with Gasteiger partial charge in [0.1, 0.15) is 5.75 Å². The van der Waals surface area contributed by atoms with Crippen molar-refractivity contribution >= 4 is 0 Å². The van der Waals surface area contributed by atoms with Crippen molar-refractivity contribution in [2.45, 2.75) is 25.1 Å². The fourth-order valence-electron chi connectivity index (χ4n) is 2.58. The maximum Gasteiger partial charge on any atom is 0.419 e. The fourth-order valence-corrected chi connectivity index (χ4v) is 2.58. The molecule has 1 fully saturated rings. The van der Waals surface area contributed by atoms with Gasteiger partial charge in [-0.15, -0.1) is 0 Å². The molecule has 0 aliphatic carbocycles. The Morgan fingerprint density at radius 2 is 1.91 bits per heavy atom. The highest BCUT2D eigenvalue weighted by Gasteiger charge is 2.34. The topological polar surface area (TPSA) is 47.3 Å². The van der Waals surface area contributed by atoms with Gasteiger partial charge in [0.05, 0.1) is 17.8 Å². The average molecular weight is 312 g/mol. The SMILES string of the molecule is Oc1ccc(-c2cnn(C3CCOCC3)c2)cc1C(F)(F)F. The van der Waals surface area contributed by atoms with Crippen LogP contribution in [0.3, 0.4) is 0 Å².